The Balaban J connectivity index is 0.000000967. The highest BCUT2D eigenvalue weighted by Gasteiger charge is 2.39. The first-order chi connectivity index (χ1) is 17.2. The average molecular weight is 504 g/mol. The molecule has 3 aromatic rings. The molecule has 10 nitrogen and oxygen atoms in total. The summed E-state index contributed by atoms with van der Waals surface area (Å²) in [5.74, 6) is -3.86. The number of aromatic nitrogens is 2. The minimum atomic E-state index is -2.50. The molecule has 0 amide bonds. The molecule has 5 rings (SSSR count). The van der Waals surface area contributed by atoms with Crippen LogP contribution in [0.3, 0.4) is 0 Å². The third-order valence-electron chi connectivity index (χ3n) is 6.00. The Kier molecular flexibility index (Phi) is 7.31. The van der Waals surface area contributed by atoms with Gasteiger partial charge in [-0.1, -0.05) is 6.07 Å². The number of hydrogen-bond donors (Lipinski definition) is 4. The van der Waals surface area contributed by atoms with E-state index < -0.39 is 29.7 Å². The zero-order chi connectivity index (χ0) is 26.0. The van der Waals surface area contributed by atoms with Gasteiger partial charge in [0, 0.05) is 43.7 Å². The Labute approximate surface area is 205 Å². The molecule has 4 N–H and O–H groups in total. The van der Waals surface area contributed by atoms with Crippen molar-refractivity contribution in [3.8, 4) is 5.75 Å². The molecule has 36 heavy (non-hydrogen) atoms. The lowest BCUT2D eigenvalue weighted by atomic mass is 10.1. The standard InChI is InChI=1S/C22H20F2N4O5.C2H7N/c23-17-12(1-3-14-18(17)26-21(30)15-9-22(31,32)33-19(14)15)10-27-5-7-28(8-6-27)16-4-2-13(11-29)25-20(16)24;1-3-2/h1-4,11,31-32H,5-10H2,(H,26,30);3H,1-2H3. The maximum atomic E-state index is 15.3. The zero-order valence-electron chi connectivity index (χ0n) is 19.8. The van der Waals surface area contributed by atoms with Crippen molar-refractivity contribution in [2.75, 3.05) is 45.2 Å². The number of rotatable bonds is 4. The summed E-state index contributed by atoms with van der Waals surface area (Å²) < 4.78 is 34.5. The van der Waals surface area contributed by atoms with E-state index in [1.807, 2.05) is 23.9 Å². The predicted octanol–water partition coefficient (Wildman–Crippen LogP) is 0.745. The van der Waals surface area contributed by atoms with Crippen LogP contribution in [0, 0.1) is 11.8 Å². The molecule has 0 spiro atoms. The lowest BCUT2D eigenvalue weighted by Crippen LogP contribution is -2.46. The summed E-state index contributed by atoms with van der Waals surface area (Å²) in [7, 11) is 3.75. The fourth-order valence-electron chi connectivity index (χ4n) is 4.34. The summed E-state index contributed by atoms with van der Waals surface area (Å²) in [6.07, 6.45) is 0.0791. The van der Waals surface area contributed by atoms with E-state index in [0.29, 0.717) is 43.7 Å². The van der Waals surface area contributed by atoms with Gasteiger partial charge in [0.15, 0.2) is 12.1 Å². The number of fused-ring (bicyclic) bond motifs is 3. The number of aldehydes is 1. The van der Waals surface area contributed by atoms with Gasteiger partial charge in [-0.15, -0.1) is 0 Å². The number of ether oxygens (including phenoxy) is 1. The summed E-state index contributed by atoms with van der Waals surface area (Å²) in [4.78, 5) is 33.0. The maximum Gasteiger partial charge on any atom is 0.326 e. The maximum absolute atomic E-state index is 15.3. The highest BCUT2D eigenvalue weighted by molar-refractivity contribution is 5.87. The molecule has 1 fully saturated rings. The molecule has 0 bridgehead atoms. The number of benzene rings is 1. The SMILES string of the molecule is CNC.O=Cc1ccc(N2CCN(Cc3ccc4c5c(c(=O)[nH]c4c3F)CC(O)(O)O5)CC2)c(F)n1. The van der Waals surface area contributed by atoms with Crippen LogP contribution in [0.25, 0.3) is 10.9 Å². The second kappa shape index (κ2) is 10.3. The van der Waals surface area contributed by atoms with Gasteiger partial charge >= 0.3 is 5.97 Å². The number of aromatic amines is 1. The monoisotopic (exact) mass is 503 g/mol. The Hall–Kier alpha value is -3.45. The van der Waals surface area contributed by atoms with Gasteiger partial charge < -0.3 is 30.2 Å². The number of aliphatic hydroxyl groups is 2. The number of piperazine rings is 1. The summed E-state index contributed by atoms with van der Waals surface area (Å²) in [6, 6.07) is 6.13. The number of carbonyl (C=O) groups excluding carboxylic acids is 1. The van der Waals surface area contributed by atoms with Crippen LogP contribution in [-0.2, 0) is 13.0 Å². The van der Waals surface area contributed by atoms with Crippen molar-refractivity contribution in [3.63, 3.8) is 0 Å². The number of hydrogen-bond acceptors (Lipinski definition) is 9. The molecule has 4 heterocycles. The smallest absolute Gasteiger partial charge is 0.326 e. The highest BCUT2D eigenvalue weighted by atomic mass is 19.1. The fraction of sp³-hybridized carbons (Fsp3) is 0.375. The number of carbonyl (C=O) groups is 1. The molecular formula is C24H27F2N5O5. The van der Waals surface area contributed by atoms with Crippen molar-refractivity contribution >= 4 is 22.9 Å². The number of anilines is 1. The fourth-order valence-corrected chi connectivity index (χ4v) is 4.34. The molecule has 192 valence electrons. The quantitative estimate of drug-likeness (QED) is 0.231. The lowest BCUT2D eigenvalue weighted by molar-refractivity contribution is -0.278. The first kappa shape index (κ1) is 25.6. The second-order valence-corrected chi connectivity index (χ2v) is 8.67. The Morgan fingerprint density at radius 1 is 1.17 bits per heavy atom. The minimum Gasteiger partial charge on any atom is -0.438 e. The van der Waals surface area contributed by atoms with Crippen molar-refractivity contribution in [2.24, 2.45) is 0 Å². The van der Waals surface area contributed by atoms with Crippen molar-refractivity contribution < 1.29 is 28.5 Å². The lowest BCUT2D eigenvalue weighted by Gasteiger charge is -2.36. The third kappa shape index (κ3) is 5.07. The van der Waals surface area contributed by atoms with Crippen LogP contribution in [0.15, 0.2) is 29.1 Å². The van der Waals surface area contributed by atoms with Crippen LogP contribution in [0.5, 0.6) is 5.75 Å². The van der Waals surface area contributed by atoms with E-state index in [1.165, 1.54) is 12.1 Å². The van der Waals surface area contributed by atoms with E-state index >= 15 is 4.39 Å². The van der Waals surface area contributed by atoms with Gasteiger partial charge in [0.05, 0.1) is 23.2 Å². The number of nitrogens with zero attached hydrogens (tertiary/aromatic N) is 3. The largest absolute Gasteiger partial charge is 0.438 e. The van der Waals surface area contributed by atoms with Gasteiger partial charge in [0.1, 0.15) is 11.4 Å². The second-order valence-electron chi connectivity index (χ2n) is 8.67. The van der Waals surface area contributed by atoms with E-state index in [1.54, 1.807) is 12.1 Å². The van der Waals surface area contributed by atoms with Crippen molar-refractivity contribution in [2.45, 2.75) is 18.9 Å². The van der Waals surface area contributed by atoms with Crippen LogP contribution >= 0.6 is 0 Å². The van der Waals surface area contributed by atoms with Crippen LogP contribution in [0.4, 0.5) is 14.5 Å². The molecule has 0 atom stereocenters. The Morgan fingerprint density at radius 3 is 2.50 bits per heavy atom. The van der Waals surface area contributed by atoms with Crippen LogP contribution in [0.1, 0.15) is 21.6 Å². The van der Waals surface area contributed by atoms with E-state index in [0.717, 1.165) is 0 Å². The summed E-state index contributed by atoms with van der Waals surface area (Å²) in [5, 5.41) is 22.4. The number of nitrogens with one attached hydrogen (secondary N) is 2. The van der Waals surface area contributed by atoms with E-state index in [4.69, 9.17) is 4.74 Å². The van der Waals surface area contributed by atoms with Crippen LogP contribution < -0.4 is 20.5 Å². The molecule has 2 aromatic heterocycles. The first-order valence-electron chi connectivity index (χ1n) is 11.3. The minimum absolute atomic E-state index is 0.0272. The van der Waals surface area contributed by atoms with Crippen molar-refractivity contribution in [1.29, 1.82) is 0 Å². The molecule has 0 radical (unpaired) electrons. The van der Waals surface area contributed by atoms with E-state index in [9.17, 15) is 24.2 Å². The predicted molar refractivity (Wildman–Crippen MR) is 128 cm³/mol. The zero-order valence-corrected chi connectivity index (χ0v) is 19.8. The van der Waals surface area contributed by atoms with Crippen molar-refractivity contribution in [3.05, 3.63) is 63.2 Å². The molecule has 0 unspecified atom stereocenters. The average Bonchev–Trinajstić information content (AvgIpc) is 3.18. The number of H-pyrrole nitrogens is 1. The van der Waals surface area contributed by atoms with Gasteiger partial charge in [-0.05, 0) is 32.3 Å². The summed E-state index contributed by atoms with van der Waals surface area (Å²) in [5.41, 5.74) is 0.0526. The molecule has 2 aliphatic heterocycles. The van der Waals surface area contributed by atoms with Gasteiger partial charge in [-0.25, -0.2) is 9.37 Å². The molecule has 12 heteroatoms. The number of halogens is 2. The van der Waals surface area contributed by atoms with E-state index in [2.05, 4.69) is 15.3 Å². The van der Waals surface area contributed by atoms with Gasteiger partial charge in [0.2, 0.25) is 5.95 Å². The van der Waals surface area contributed by atoms with Gasteiger partial charge in [-0.3, -0.25) is 14.5 Å². The Morgan fingerprint density at radius 2 is 1.86 bits per heavy atom. The molecule has 0 aliphatic carbocycles. The van der Waals surface area contributed by atoms with Crippen LogP contribution in [0.2, 0.25) is 0 Å². The topological polar surface area (TPSA) is 131 Å². The summed E-state index contributed by atoms with van der Waals surface area (Å²) >= 11 is 0. The molecular weight excluding hydrogens is 476 g/mol. The number of pyridine rings is 2. The molecule has 2 aliphatic rings. The van der Waals surface area contributed by atoms with Gasteiger partial charge in [0.25, 0.3) is 5.56 Å². The third-order valence-corrected chi connectivity index (χ3v) is 6.00. The molecule has 1 saturated heterocycles. The highest BCUT2D eigenvalue weighted by Crippen LogP contribution is 2.37. The van der Waals surface area contributed by atoms with Crippen LogP contribution in [-0.4, -0.2) is 77.6 Å². The summed E-state index contributed by atoms with van der Waals surface area (Å²) in [6.45, 7) is 2.31. The van der Waals surface area contributed by atoms with E-state index in [-0.39, 0.29) is 34.5 Å². The molecule has 0 saturated carbocycles. The molecule has 1 aromatic carbocycles. The first-order valence-corrected chi connectivity index (χ1v) is 11.3. The van der Waals surface area contributed by atoms with Crippen molar-refractivity contribution in [1.82, 2.24) is 20.2 Å². The Bertz CT molecular complexity index is 1340. The normalized spacial score (nSPS) is 16.8. The van der Waals surface area contributed by atoms with Gasteiger partial charge in [-0.2, -0.15) is 4.39 Å².